The molecule has 0 saturated carbocycles. The Morgan fingerprint density at radius 2 is 1.74 bits per heavy atom. The van der Waals surface area contributed by atoms with Crippen LogP contribution in [0.15, 0.2) is 96.7 Å². The van der Waals surface area contributed by atoms with Crippen LogP contribution in [-0.4, -0.2) is 28.7 Å². The molecule has 0 radical (unpaired) electrons. The zero-order chi connectivity index (χ0) is 29.6. The van der Waals surface area contributed by atoms with Gasteiger partial charge in [0.25, 0.3) is 0 Å². The van der Waals surface area contributed by atoms with Gasteiger partial charge in [-0.3, -0.25) is 4.90 Å². The van der Waals surface area contributed by atoms with Gasteiger partial charge in [0, 0.05) is 41.9 Å². The molecule has 216 valence electrons. The average molecular weight is 569 g/mol. The third-order valence-corrected chi connectivity index (χ3v) is 7.40. The lowest BCUT2D eigenvalue weighted by Crippen LogP contribution is -2.28. The first-order valence-electron chi connectivity index (χ1n) is 13.6. The van der Waals surface area contributed by atoms with Crippen LogP contribution in [0.25, 0.3) is 11.1 Å². The standard InChI is InChI=1S/C33H33FN4O4/c1-2-25-15-26(39)18-38(25)17-24-14-29(36)32(16-31(24)41-19-21-11-12-30(37-40)28(35)13-21)42-20-23-9-6-10-27(33(23)34)22-7-4-3-5-8-22/h2-14,16,25-26,39H,1,15,17-20,35-36H2. The van der Waals surface area contributed by atoms with E-state index >= 15 is 4.39 Å². The number of hydrogen-bond donors (Lipinski definition) is 3. The number of benzene rings is 4. The zero-order valence-electron chi connectivity index (χ0n) is 23.1. The number of rotatable bonds is 11. The van der Waals surface area contributed by atoms with Crippen LogP contribution in [-0.2, 0) is 19.8 Å². The summed E-state index contributed by atoms with van der Waals surface area (Å²) in [5.41, 5.74) is 16.3. The molecule has 4 aromatic rings. The van der Waals surface area contributed by atoms with Crippen molar-refractivity contribution in [1.82, 2.24) is 4.90 Å². The molecule has 0 aromatic heterocycles. The van der Waals surface area contributed by atoms with Gasteiger partial charge in [0.2, 0.25) is 0 Å². The largest absolute Gasteiger partial charge is 0.488 e. The monoisotopic (exact) mass is 568 g/mol. The fraction of sp³-hybridized carbons (Fsp3) is 0.212. The first kappa shape index (κ1) is 28.8. The van der Waals surface area contributed by atoms with Gasteiger partial charge in [0.05, 0.1) is 17.5 Å². The second kappa shape index (κ2) is 12.8. The van der Waals surface area contributed by atoms with E-state index < -0.39 is 6.10 Å². The molecule has 1 fully saturated rings. The number of halogens is 1. The summed E-state index contributed by atoms with van der Waals surface area (Å²) in [7, 11) is 0. The lowest BCUT2D eigenvalue weighted by molar-refractivity contribution is 0.173. The predicted molar refractivity (Wildman–Crippen MR) is 163 cm³/mol. The van der Waals surface area contributed by atoms with Crippen molar-refractivity contribution < 1.29 is 19.0 Å². The van der Waals surface area contributed by atoms with Crippen molar-refractivity contribution in [1.29, 1.82) is 0 Å². The Morgan fingerprint density at radius 1 is 0.952 bits per heavy atom. The van der Waals surface area contributed by atoms with Crippen molar-refractivity contribution >= 4 is 17.1 Å². The number of β-amino-alcohol motifs (C(OH)–C–C–N with tert-alkyl or cyclic N) is 1. The molecule has 5 rings (SSSR count). The van der Waals surface area contributed by atoms with E-state index in [0.29, 0.717) is 47.8 Å². The number of aliphatic hydroxyl groups is 1. The van der Waals surface area contributed by atoms with Gasteiger partial charge < -0.3 is 26.0 Å². The average Bonchev–Trinajstić information content (AvgIpc) is 3.36. The van der Waals surface area contributed by atoms with Crippen LogP contribution in [0.4, 0.5) is 21.5 Å². The van der Waals surface area contributed by atoms with Crippen LogP contribution in [0.5, 0.6) is 11.5 Å². The van der Waals surface area contributed by atoms with E-state index in [9.17, 15) is 10.0 Å². The molecular weight excluding hydrogens is 535 g/mol. The minimum absolute atomic E-state index is 0.00745. The van der Waals surface area contributed by atoms with E-state index in [-0.39, 0.29) is 36.4 Å². The highest BCUT2D eigenvalue weighted by molar-refractivity contribution is 5.65. The third kappa shape index (κ3) is 6.43. The summed E-state index contributed by atoms with van der Waals surface area (Å²) in [5, 5.41) is 13.1. The van der Waals surface area contributed by atoms with Crippen LogP contribution in [0.2, 0.25) is 0 Å². The Hall–Kier alpha value is -4.73. The molecule has 42 heavy (non-hydrogen) atoms. The molecule has 1 aliphatic heterocycles. The maximum absolute atomic E-state index is 15.4. The molecule has 0 aliphatic carbocycles. The summed E-state index contributed by atoms with van der Waals surface area (Å²) >= 11 is 0. The number of nitrogen functional groups attached to an aromatic ring is 2. The van der Waals surface area contributed by atoms with E-state index in [0.717, 1.165) is 16.7 Å². The zero-order valence-corrected chi connectivity index (χ0v) is 23.1. The normalized spacial score (nSPS) is 16.7. The van der Waals surface area contributed by atoms with Crippen LogP contribution in [0.1, 0.15) is 23.1 Å². The van der Waals surface area contributed by atoms with Gasteiger partial charge in [0.15, 0.2) is 0 Å². The minimum atomic E-state index is -0.452. The van der Waals surface area contributed by atoms with Crippen molar-refractivity contribution in [2.24, 2.45) is 5.18 Å². The number of anilines is 2. The highest BCUT2D eigenvalue weighted by Crippen LogP contribution is 2.35. The van der Waals surface area contributed by atoms with Gasteiger partial charge in [-0.15, -0.1) is 11.5 Å². The van der Waals surface area contributed by atoms with E-state index in [4.69, 9.17) is 20.9 Å². The van der Waals surface area contributed by atoms with Crippen molar-refractivity contribution in [2.75, 3.05) is 18.0 Å². The number of hydrogen-bond acceptors (Lipinski definition) is 8. The molecule has 1 aliphatic rings. The highest BCUT2D eigenvalue weighted by Gasteiger charge is 2.29. The maximum Gasteiger partial charge on any atom is 0.146 e. The highest BCUT2D eigenvalue weighted by atomic mass is 19.1. The summed E-state index contributed by atoms with van der Waals surface area (Å²) in [5.74, 6) is 0.502. The van der Waals surface area contributed by atoms with Crippen molar-refractivity contribution in [3.8, 4) is 22.6 Å². The summed E-state index contributed by atoms with van der Waals surface area (Å²) in [6.07, 6.45) is 1.97. The molecule has 0 amide bonds. The molecular formula is C33H33FN4O4. The Morgan fingerprint density at radius 3 is 2.48 bits per heavy atom. The van der Waals surface area contributed by atoms with Gasteiger partial charge in [-0.1, -0.05) is 60.7 Å². The quantitative estimate of drug-likeness (QED) is 0.110. The molecule has 1 saturated heterocycles. The molecule has 8 nitrogen and oxygen atoms in total. The molecule has 0 bridgehead atoms. The fourth-order valence-corrected chi connectivity index (χ4v) is 5.19. The van der Waals surface area contributed by atoms with Crippen LogP contribution >= 0.6 is 0 Å². The van der Waals surface area contributed by atoms with Crippen molar-refractivity contribution in [3.63, 3.8) is 0 Å². The number of aliphatic hydroxyl groups excluding tert-OH is 1. The molecule has 0 spiro atoms. The van der Waals surface area contributed by atoms with Crippen molar-refractivity contribution in [2.45, 2.75) is 38.3 Å². The number of nitrogens with zero attached hydrogens (tertiary/aromatic N) is 2. The predicted octanol–water partition coefficient (Wildman–Crippen LogP) is 6.33. The smallest absolute Gasteiger partial charge is 0.146 e. The molecule has 1 heterocycles. The lowest BCUT2D eigenvalue weighted by Gasteiger charge is -2.24. The Balaban J connectivity index is 1.40. The Labute approximate surface area is 244 Å². The number of likely N-dealkylation sites (tertiary alicyclic amines) is 1. The summed E-state index contributed by atoms with van der Waals surface area (Å²) in [6.45, 7) is 4.96. The third-order valence-electron chi connectivity index (χ3n) is 7.40. The maximum atomic E-state index is 15.4. The lowest BCUT2D eigenvalue weighted by atomic mass is 10.0. The fourth-order valence-electron chi connectivity index (χ4n) is 5.19. The van der Waals surface area contributed by atoms with E-state index in [1.165, 1.54) is 6.07 Å². The number of nitrogens with two attached hydrogens (primary N) is 2. The van der Waals surface area contributed by atoms with Gasteiger partial charge in [-0.05, 0) is 40.9 Å². The summed E-state index contributed by atoms with van der Waals surface area (Å²) in [4.78, 5) is 13.0. The van der Waals surface area contributed by atoms with E-state index in [1.54, 1.807) is 42.5 Å². The van der Waals surface area contributed by atoms with Crippen LogP contribution in [0, 0.1) is 10.7 Å². The molecule has 5 N–H and O–H groups in total. The van der Waals surface area contributed by atoms with Crippen LogP contribution < -0.4 is 20.9 Å². The molecule has 2 unspecified atom stereocenters. The number of ether oxygens (including phenoxy) is 2. The topological polar surface area (TPSA) is 123 Å². The Bertz CT molecular complexity index is 1580. The van der Waals surface area contributed by atoms with Crippen molar-refractivity contribution in [3.05, 3.63) is 119 Å². The van der Waals surface area contributed by atoms with Crippen LogP contribution in [0.3, 0.4) is 0 Å². The van der Waals surface area contributed by atoms with Gasteiger partial charge in [-0.25, -0.2) is 4.39 Å². The molecule has 2 atom stereocenters. The number of nitroso groups, excluding NO2 is 1. The van der Waals surface area contributed by atoms with Gasteiger partial charge in [0.1, 0.15) is 36.2 Å². The van der Waals surface area contributed by atoms with Gasteiger partial charge >= 0.3 is 0 Å². The van der Waals surface area contributed by atoms with Gasteiger partial charge in [-0.2, -0.15) is 0 Å². The SMILES string of the molecule is C=CC1CC(O)CN1Cc1cc(N)c(OCc2cccc(-c3ccccc3)c2F)cc1OCc1ccc(N=O)c(N)c1. The minimum Gasteiger partial charge on any atom is -0.488 e. The second-order valence-corrected chi connectivity index (χ2v) is 10.3. The van der Waals surface area contributed by atoms with E-state index in [2.05, 4.69) is 16.7 Å². The Kier molecular flexibility index (Phi) is 8.80. The summed E-state index contributed by atoms with van der Waals surface area (Å²) in [6, 6.07) is 22.9. The molecule has 9 heteroatoms. The first-order chi connectivity index (χ1) is 20.4. The molecule has 4 aromatic carbocycles. The van der Waals surface area contributed by atoms with E-state index in [1.807, 2.05) is 36.4 Å². The first-order valence-corrected chi connectivity index (χ1v) is 13.6. The summed E-state index contributed by atoms with van der Waals surface area (Å²) < 4.78 is 27.7. The second-order valence-electron chi connectivity index (χ2n) is 10.3.